The van der Waals surface area contributed by atoms with E-state index >= 15 is 0 Å². The molecule has 4 nitrogen and oxygen atoms in total. The number of ketones is 2. The molecule has 0 amide bonds. The predicted molar refractivity (Wildman–Crippen MR) is 88.2 cm³/mol. The molecule has 4 rings (SSSR count). The van der Waals surface area contributed by atoms with E-state index < -0.39 is 11.9 Å². The Hall–Kier alpha value is -1.19. The van der Waals surface area contributed by atoms with Gasteiger partial charge in [0.15, 0.2) is 0 Å². The largest absolute Gasteiger partial charge is 0.481 e. The predicted octanol–water partition coefficient (Wildman–Crippen LogP) is 3.48. The van der Waals surface area contributed by atoms with Crippen LogP contribution in [0.15, 0.2) is 0 Å². The van der Waals surface area contributed by atoms with Gasteiger partial charge in [-0.15, -0.1) is 0 Å². The van der Waals surface area contributed by atoms with Crippen LogP contribution in [0.3, 0.4) is 0 Å². The molecule has 0 bridgehead atoms. The Bertz CT molecular complexity index is 611. The molecule has 0 saturated heterocycles. The van der Waals surface area contributed by atoms with Crippen molar-refractivity contribution < 1.29 is 19.5 Å². The molecule has 0 aromatic heterocycles. The Morgan fingerprint density at radius 3 is 2.50 bits per heavy atom. The highest BCUT2D eigenvalue weighted by molar-refractivity contribution is 5.87. The monoisotopic (exact) mass is 332 g/mol. The van der Waals surface area contributed by atoms with Gasteiger partial charge in [-0.2, -0.15) is 0 Å². The minimum absolute atomic E-state index is 0.125. The van der Waals surface area contributed by atoms with E-state index in [4.69, 9.17) is 0 Å². The maximum Gasteiger partial charge on any atom is 0.307 e. The summed E-state index contributed by atoms with van der Waals surface area (Å²) in [5.41, 5.74) is -0.455. The van der Waals surface area contributed by atoms with Crippen LogP contribution in [-0.2, 0) is 14.4 Å². The normalized spacial score (nSPS) is 50.8. The Morgan fingerprint density at radius 1 is 1.04 bits per heavy atom. The lowest BCUT2D eigenvalue weighted by molar-refractivity contribution is -0.174. The molecule has 0 aromatic rings. The van der Waals surface area contributed by atoms with Gasteiger partial charge < -0.3 is 5.11 Å². The third-order valence-electron chi connectivity index (χ3n) is 8.63. The number of carbonyl (C=O) groups is 3. The van der Waals surface area contributed by atoms with Gasteiger partial charge in [0.05, 0.1) is 5.92 Å². The van der Waals surface area contributed by atoms with Crippen LogP contribution in [0.2, 0.25) is 0 Å². The van der Waals surface area contributed by atoms with E-state index in [0.717, 1.165) is 32.1 Å². The number of carbonyl (C=O) groups excluding carboxylic acids is 2. The summed E-state index contributed by atoms with van der Waals surface area (Å²) < 4.78 is 0. The molecule has 4 aliphatic carbocycles. The van der Waals surface area contributed by atoms with Gasteiger partial charge in [0.25, 0.3) is 0 Å². The fourth-order valence-electron chi connectivity index (χ4n) is 7.26. The van der Waals surface area contributed by atoms with Gasteiger partial charge in [0.2, 0.25) is 0 Å². The first-order chi connectivity index (χ1) is 11.3. The molecule has 0 spiro atoms. The fourth-order valence-corrected chi connectivity index (χ4v) is 7.26. The first-order valence-corrected chi connectivity index (χ1v) is 9.56. The van der Waals surface area contributed by atoms with E-state index in [1.807, 2.05) is 0 Å². The number of aliphatic carboxylic acids is 1. The first-order valence-electron chi connectivity index (χ1n) is 9.56. The first kappa shape index (κ1) is 16.3. The molecule has 2 unspecified atom stereocenters. The zero-order valence-electron chi connectivity index (χ0n) is 14.7. The smallest absolute Gasteiger partial charge is 0.307 e. The van der Waals surface area contributed by atoms with Crippen molar-refractivity contribution in [3.8, 4) is 0 Å². The van der Waals surface area contributed by atoms with Gasteiger partial charge in [0, 0.05) is 24.7 Å². The molecule has 0 radical (unpaired) electrons. The highest BCUT2D eigenvalue weighted by atomic mass is 16.4. The summed E-state index contributed by atoms with van der Waals surface area (Å²) >= 11 is 0. The molecule has 0 heterocycles. The number of fused-ring (bicyclic) bond motifs is 5. The highest BCUT2D eigenvalue weighted by Gasteiger charge is 2.63. The molecule has 4 aliphatic rings. The van der Waals surface area contributed by atoms with E-state index in [1.54, 1.807) is 0 Å². The summed E-state index contributed by atoms with van der Waals surface area (Å²) in [4.78, 5) is 36.5. The van der Waals surface area contributed by atoms with Crippen LogP contribution >= 0.6 is 0 Å². The number of rotatable bonds is 1. The standard InChI is InChI=1S/C20H28O4/c1-19-8-7-15-13(14(19)5-6-17(19)22)4-3-11-9-12(21)10-16(18(23)24)20(11,15)2/h11,13-16H,3-10H2,1-2H3,(H,23,24)/t11?,13-,14-,15-,16?,19-,20-/m0/s1. The maximum atomic E-state index is 12.4. The third kappa shape index (κ3) is 1.94. The molecular formula is C20H28O4. The van der Waals surface area contributed by atoms with Crippen molar-refractivity contribution in [3.63, 3.8) is 0 Å². The van der Waals surface area contributed by atoms with E-state index in [1.165, 1.54) is 0 Å². The van der Waals surface area contributed by atoms with Crippen LogP contribution in [0.4, 0.5) is 0 Å². The van der Waals surface area contributed by atoms with Crippen molar-refractivity contribution >= 4 is 17.5 Å². The number of Topliss-reactive ketones (excluding diaryl/α,β-unsaturated/α-hetero) is 2. The lowest BCUT2D eigenvalue weighted by Gasteiger charge is -2.60. The van der Waals surface area contributed by atoms with Gasteiger partial charge in [-0.3, -0.25) is 14.4 Å². The van der Waals surface area contributed by atoms with Crippen molar-refractivity contribution in [1.29, 1.82) is 0 Å². The van der Waals surface area contributed by atoms with Crippen molar-refractivity contribution in [3.05, 3.63) is 0 Å². The second-order valence-corrected chi connectivity index (χ2v) is 9.27. The van der Waals surface area contributed by atoms with Crippen molar-refractivity contribution in [2.75, 3.05) is 0 Å². The minimum atomic E-state index is -0.799. The Labute approximate surface area is 143 Å². The molecule has 4 heteroatoms. The van der Waals surface area contributed by atoms with Crippen LogP contribution < -0.4 is 0 Å². The lowest BCUT2D eigenvalue weighted by atomic mass is 9.43. The van der Waals surface area contributed by atoms with Gasteiger partial charge in [0.1, 0.15) is 11.6 Å². The van der Waals surface area contributed by atoms with Gasteiger partial charge in [-0.05, 0) is 61.2 Å². The van der Waals surface area contributed by atoms with Gasteiger partial charge >= 0.3 is 5.97 Å². The number of carboxylic acid groups (broad SMARTS) is 1. The van der Waals surface area contributed by atoms with E-state index in [-0.39, 0.29) is 29.0 Å². The van der Waals surface area contributed by atoms with Crippen molar-refractivity contribution in [1.82, 2.24) is 0 Å². The molecule has 0 aliphatic heterocycles. The zero-order valence-corrected chi connectivity index (χ0v) is 14.7. The quantitative estimate of drug-likeness (QED) is 0.798. The van der Waals surface area contributed by atoms with Crippen molar-refractivity contribution in [2.45, 2.75) is 65.2 Å². The van der Waals surface area contributed by atoms with Gasteiger partial charge in [-0.1, -0.05) is 13.8 Å². The Balaban J connectivity index is 1.72. The SMILES string of the molecule is C[C@]12C(CC[C@@H]3[C@@H]1CC[C@]1(C)C(=O)CC[C@@H]31)CC(=O)CC2C(=O)O. The second kappa shape index (κ2) is 5.15. The number of hydrogen-bond acceptors (Lipinski definition) is 3. The van der Waals surface area contributed by atoms with E-state index in [9.17, 15) is 19.5 Å². The van der Waals surface area contributed by atoms with E-state index in [2.05, 4.69) is 13.8 Å². The maximum absolute atomic E-state index is 12.4. The molecule has 4 fully saturated rings. The molecule has 7 atom stereocenters. The summed E-state index contributed by atoms with van der Waals surface area (Å²) in [6.07, 6.45) is 6.32. The van der Waals surface area contributed by atoms with Crippen LogP contribution in [0, 0.1) is 40.4 Å². The Kier molecular flexibility index (Phi) is 3.50. The zero-order chi connectivity index (χ0) is 17.3. The summed E-state index contributed by atoms with van der Waals surface area (Å²) in [7, 11) is 0. The van der Waals surface area contributed by atoms with Gasteiger partial charge in [-0.25, -0.2) is 0 Å². The van der Waals surface area contributed by atoms with E-state index in [0.29, 0.717) is 36.4 Å². The average Bonchev–Trinajstić information content (AvgIpc) is 2.83. The molecule has 24 heavy (non-hydrogen) atoms. The average molecular weight is 332 g/mol. The van der Waals surface area contributed by atoms with Crippen LogP contribution in [0.25, 0.3) is 0 Å². The molecular weight excluding hydrogens is 304 g/mol. The molecule has 1 N–H and O–H groups in total. The molecule has 4 saturated carbocycles. The Morgan fingerprint density at radius 2 is 1.79 bits per heavy atom. The lowest BCUT2D eigenvalue weighted by Crippen LogP contribution is -2.58. The van der Waals surface area contributed by atoms with Crippen LogP contribution in [0.5, 0.6) is 0 Å². The summed E-state index contributed by atoms with van der Waals surface area (Å²) in [5, 5.41) is 9.82. The minimum Gasteiger partial charge on any atom is -0.481 e. The van der Waals surface area contributed by atoms with Crippen molar-refractivity contribution in [2.24, 2.45) is 40.4 Å². The summed E-state index contributed by atoms with van der Waals surface area (Å²) in [6, 6.07) is 0. The molecule has 132 valence electrons. The summed E-state index contributed by atoms with van der Waals surface area (Å²) in [5.74, 6) is 0.661. The third-order valence-corrected chi connectivity index (χ3v) is 8.63. The number of hydrogen-bond donors (Lipinski definition) is 1. The second-order valence-electron chi connectivity index (χ2n) is 9.27. The highest BCUT2D eigenvalue weighted by Crippen LogP contribution is 2.66. The summed E-state index contributed by atoms with van der Waals surface area (Å²) in [6.45, 7) is 4.30. The number of carboxylic acids is 1. The topological polar surface area (TPSA) is 71.4 Å². The fraction of sp³-hybridized carbons (Fsp3) is 0.850. The molecule has 0 aromatic carbocycles. The van der Waals surface area contributed by atoms with Crippen LogP contribution in [-0.4, -0.2) is 22.6 Å². The van der Waals surface area contributed by atoms with Crippen LogP contribution in [0.1, 0.15) is 65.2 Å².